The molecule has 12 heteroatoms. The summed E-state index contributed by atoms with van der Waals surface area (Å²) >= 11 is 0. The number of rotatable bonds is 5. The summed E-state index contributed by atoms with van der Waals surface area (Å²) in [5.74, 6) is 0.284. The highest BCUT2D eigenvalue weighted by molar-refractivity contribution is 6.04. The van der Waals surface area contributed by atoms with Crippen LogP contribution in [0, 0.1) is 5.92 Å². The van der Waals surface area contributed by atoms with Crippen LogP contribution in [0.15, 0.2) is 55.0 Å². The predicted molar refractivity (Wildman–Crippen MR) is 143 cm³/mol. The summed E-state index contributed by atoms with van der Waals surface area (Å²) in [6, 6.07) is 8.12. The molecule has 9 nitrogen and oxygen atoms in total. The summed E-state index contributed by atoms with van der Waals surface area (Å²) in [6.07, 6.45) is 1.57. The Balaban J connectivity index is 1.42. The fourth-order valence-corrected chi connectivity index (χ4v) is 4.97. The number of benzene rings is 1. The quantitative estimate of drug-likeness (QED) is 0.360. The number of nitrogen functional groups attached to an aromatic ring is 1. The van der Waals surface area contributed by atoms with E-state index in [-0.39, 0.29) is 29.1 Å². The van der Waals surface area contributed by atoms with Gasteiger partial charge in [-0.25, -0.2) is 15.0 Å². The molecular formula is C28H28F3N7O2. The van der Waals surface area contributed by atoms with Gasteiger partial charge in [0.05, 0.1) is 5.56 Å². The Bertz CT molecular complexity index is 1560. The first-order valence-corrected chi connectivity index (χ1v) is 12.9. The van der Waals surface area contributed by atoms with E-state index >= 15 is 0 Å². The van der Waals surface area contributed by atoms with Crippen LogP contribution in [0.3, 0.4) is 0 Å². The van der Waals surface area contributed by atoms with Crippen LogP contribution in [0.4, 0.5) is 24.8 Å². The van der Waals surface area contributed by atoms with E-state index in [0.29, 0.717) is 35.7 Å². The molecule has 1 fully saturated rings. The molecule has 1 aromatic carbocycles. The minimum absolute atomic E-state index is 0.00418. The lowest BCUT2D eigenvalue weighted by Crippen LogP contribution is -2.41. The number of nitrogens with one attached hydrogen (secondary N) is 1. The number of piperidine rings is 1. The normalized spacial score (nSPS) is 15.9. The molecule has 0 unspecified atom stereocenters. The van der Waals surface area contributed by atoms with Gasteiger partial charge in [-0.15, -0.1) is 0 Å². The van der Waals surface area contributed by atoms with E-state index < -0.39 is 17.6 Å². The van der Waals surface area contributed by atoms with E-state index in [2.05, 4.69) is 15.3 Å². The number of hydrogen-bond acceptors (Lipinski definition) is 6. The Kier molecular flexibility index (Phi) is 7.17. The van der Waals surface area contributed by atoms with E-state index in [4.69, 9.17) is 10.7 Å². The van der Waals surface area contributed by atoms with Crippen molar-refractivity contribution in [2.75, 3.05) is 24.1 Å². The molecule has 208 valence electrons. The van der Waals surface area contributed by atoms with Crippen molar-refractivity contribution >= 4 is 29.0 Å². The second-order valence-corrected chi connectivity index (χ2v) is 10.1. The molecule has 0 aliphatic carbocycles. The molecule has 0 radical (unpaired) electrons. The summed E-state index contributed by atoms with van der Waals surface area (Å²) in [5.41, 5.74) is 7.48. The van der Waals surface area contributed by atoms with Gasteiger partial charge in [-0.1, -0.05) is 26.0 Å². The molecular weight excluding hydrogens is 523 g/mol. The van der Waals surface area contributed by atoms with Gasteiger partial charge in [0, 0.05) is 54.6 Å². The third kappa shape index (κ3) is 5.33. The van der Waals surface area contributed by atoms with Gasteiger partial charge in [0.25, 0.3) is 5.91 Å². The zero-order valence-electron chi connectivity index (χ0n) is 21.9. The Morgan fingerprint density at radius 2 is 1.85 bits per heavy atom. The number of halogens is 3. The van der Waals surface area contributed by atoms with Crippen molar-refractivity contribution in [2.45, 2.75) is 38.8 Å². The molecule has 3 aromatic heterocycles. The number of alkyl halides is 3. The first kappa shape index (κ1) is 27.1. The van der Waals surface area contributed by atoms with Crippen LogP contribution in [0.2, 0.25) is 0 Å². The first-order chi connectivity index (χ1) is 19.0. The number of aromatic nitrogens is 4. The largest absolute Gasteiger partial charge is 0.416 e. The van der Waals surface area contributed by atoms with Crippen molar-refractivity contribution in [3.63, 3.8) is 0 Å². The van der Waals surface area contributed by atoms with Crippen LogP contribution in [0.1, 0.15) is 54.4 Å². The Labute approximate surface area is 228 Å². The lowest BCUT2D eigenvalue weighted by Gasteiger charge is -2.33. The topological polar surface area (TPSA) is 119 Å². The average Bonchev–Trinajstić information content (AvgIpc) is 3.33. The molecule has 1 aliphatic rings. The summed E-state index contributed by atoms with van der Waals surface area (Å²) in [5, 5.41) is 2.40. The molecule has 3 N–H and O–H groups in total. The highest BCUT2D eigenvalue weighted by Gasteiger charge is 2.31. The van der Waals surface area contributed by atoms with Gasteiger partial charge in [-0.2, -0.15) is 13.2 Å². The van der Waals surface area contributed by atoms with Gasteiger partial charge in [0.15, 0.2) is 0 Å². The number of nitrogens with zero attached hydrogens (tertiary/aromatic N) is 5. The fourth-order valence-electron chi connectivity index (χ4n) is 4.97. The Morgan fingerprint density at radius 3 is 2.55 bits per heavy atom. The smallest absolute Gasteiger partial charge is 0.382 e. The van der Waals surface area contributed by atoms with Crippen molar-refractivity contribution in [1.29, 1.82) is 0 Å². The minimum atomic E-state index is -4.55. The van der Waals surface area contributed by atoms with Crippen LogP contribution in [-0.4, -0.2) is 49.2 Å². The third-order valence-corrected chi connectivity index (χ3v) is 6.95. The molecule has 5 rings (SSSR count). The maximum atomic E-state index is 13.0. The van der Waals surface area contributed by atoms with Crippen LogP contribution in [0.5, 0.6) is 0 Å². The van der Waals surface area contributed by atoms with E-state index in [1.165, 1.54) is 0 Å². The second kappa shape index (κ2) is 10.6. The fraction of sp³-hybridized carbons (Fsp3) is 0.321. The number of likely N-dealkylation sites (tertiary alicyclic amines) is 1. The van der Waals surface area contributed by atoms with Crippen molar-refractivity contribution in [2.24, 2.45) is 5.92 Å². The van der Waals surface area contributed by atoms with Gasteiger partial charge in [0.1, 0.15) is 28.7 Å². The SMILES string of the molecule is CC(C)C(=O)N1CCC[C@@H](c2nc(-c3ccc(C(=O)Nc4cc(C(F)(F)F)ccn4)cc3)c3c(N)nccn23)C1. The highest BCUT2D eigenvalue weighted by Crippen LogP contribution is 2.34. The number of amides is 2. The van der Waals surface area contributed by atoms with Crippen molar-refractivity contribution in [1.82, 2.24) is 24.3 Å². The number of hydrogen-bond donors (Lipinski definition) is 2. The summed E-state index contributed by atoms with van der Waals surface area (Å²) in [4.78, 5) is 40.3. The maximum absolute atomic E-state index is 13.0. The van der Waals surface area contributed by atoms with Gasteiger partial charge < -0.3 is 16.0 Å². The average molecular weight is 552 g/mol. The lowest BCUT2D eigenvalue weighted by molar-refractivity contribution is -0.137. The molecule has 4 heterocycles. The second-order valence-electron chi connectivity index (χ2n) is 10.1. The summed E-state index contributed by atoms with van der Waals surface area (Å²) in [6.45, 7) is 5.05. The van der Waals surface area contributed by atoms with Gasteiger partial charge in [-0.3, -0.25) is 14.0 Å². The predicted octanol–water partition coefficient (Wildman–Crippen LogP) is 5.01. The Morgan fingerprint density at radius 1 is 1.10 bits per heavy atom. The molecule has 0 saturated carbocycles. The molecule has 0 spiro atoms. The number of imidazole rings is 1. The van der Waals surface area contributed by atoms with E-state index in [0.717, 1.165) is 37.0 Å². The first-order valence-electron chi connectivity index (χ1n) is 12.9. The number of pyridine rings is 1. The number of nitrogens with two attached hydrogens (primary N) is 1. The van der Waals surface area contributed by atoms with Gasteiger partial charge in [0.2, 0.25) is 5.91 Å². The lowest BCUT2D eigenvalue weighted by atomic mass is 9.96. The third-order valence-electron chi connectivity index (χ3n) is 6.95. The number of carbonyl (C=O) groups is 2. The molecule has 0 bridgehead atoms. The Hall–Kier alpha value is -4.48. The molecule has 1 aliphatic heterocycles. The summed E-state index contributed by atoms with van der Waals surface area (Å²) in [7, 11) is 0. The molecule has 4 aromatic rings. The number of carbonyl (C=O) groups excluding carboxylic acids is 2. The number of fused-ring (bicyclic) bond motifs is 1. The summed E-state index contributed by atoms with van der Waals surface area (Å²) < 4.78 is 40.9. The van der Waals surface area contributed by atoms with Crippen LogP contribution >= 0.6 is 0 Å². The van der Waals surface area contributed by atoms with Gasteiger partial charge >= 0.3 is 6.18 Å². The number of anilines is 2. The van der Waals surface area contributed by atoms with E-state index in [1.54, 1.807) is 36.7 Å². The van der Waals surface area contributed by atoms with Crippen LogP contribution in [-0.2, 0) is 11.0 Å². The monoisotopic (exact) mass is 551 g/mol. The maximum Gasteiger partial charge on any atom is 0.416 e. The van der Waals surface area contributed by atoms with E-state index in [1.807, 2.05) is 23.1 Å². The van der Waals surface area contributed by atoms with Gasteiger partial charge in [-0.05, 0) is 37.1 Å². The van der Waals surface area contributed by atoms with Crippen LogP contribution < -0.4 is 11.1 Å². The van der Waals surface area contributed by atoms with E-state index in [9.17, 15) is 22.8 Å². The van der Waals surface area contributed by atoms with Crippen molar-refractivity contribution < 1.29 is 22.8 Å². The van der Waals surface area contributed by atoms with Crippen molar-refractivity contribution in [3.8, 4) is 11.3 Å². The van der Waals surface area contributed by atoms with Crippen LogP contribution in [0.25, 0.3) is 16.8 Å². The highest BCUT2D eigenvalue weighted by atomic mass is 19.4. The molecule has 2 amide bonds. The standard InChI is InChI=1S/C28H28F3N7O2/c1-16(2)27(40)37-12-3-4-19(15-37)25-36-22(23-24(32)34-11-13-38(23)25)17-5-7-18(8-6-17)26(39)35-21-14-20(9-10-33-21)28(29,30)31/h5-11,13-14,16,19H,3-4,12,15H2,1-2H3,(H2,32,34)(H,33,35,39)/t19-/m1/s1. The molecule has 40 heavy (non-hydrogen) atoms. The minimum Gasteiger partial charge on any atom is -0.382 e. The van der Waals surface area contributed by atoms with Crippen molar-refractivity contribution in [3.05, 3.63) is 71.9 Å². The molecule has 1 atom stereocenters. The molecule has 1 saturated heterocycles. The zero-order chi connectivity index (χ0) is 28.6. The zero-order valence-corrected chi connectivity index (χ0v) is 21.9.